The van der Waals surface area contributed by atoms with Crippen molar-refractivity contribution in [2.75, 3.05) is 0 Å². The quantitative estimate of drug-likeness (QED) is 0.688. The molecule has 0 amide bonds. The SMILES string of the molecule is CC(=O)Cc1ccc(-c2ccc(-c3ccccc3)cc2)o1. The smallest absolute Gasteiger partial charge is 0.137 e. The Morgan fingerprint density at radius 3 is 2.10 bits per heavy atom. The van der Waals surface area contributed by atoms with Crippen LogP contribution in [-0.4, -0.2) is 5.78 Å². The third-order valence-electron chi connectivity index (χ3n) is 3.36. The molecule has 21 heavy (non-hydrogen) atoms. The number of hydrogen-bond acceptors (Lipinski definition) is 2. The van der Waals surface area contributed by atoms with E-state index in [0.717, 1.165) is 11.3 Å². The molecule has 2 aromatic carbocycles. The highest BCUT2D eigenvalue weighted by molar-refractivity contribution is 5.77. The van der Waals surface area contributed by atoms with Crippen LogP contribution in [0, 0.1) is 0 Å². The van der Waals surface area contributed by atoms with Crippen LogP contribution in [0.3, 0.4) is 0 Å². The van der Waals surface area contributed by atoms with Crippen molar-refractivity contribution in [2.45, 2.75) is 13.3 Å². The molecule has 0 N–H and O–H groups in total. The second kappa shape index (κ2) is 5.80. The van der Waals surface area contributed by atoms with Crippen molar-refractivity contribution < 1.29 is 9.21 Å². The maximum absolute atomic E-state index is 11.1. The molecule has 0 aliphatic rings. The molecule has 0 radical (unpaired) electrons. The van der Waals surface area contributed by atoms with Gasteiger partial charge in [0.2, 0.25) is 0 Å². The minimum absolute atomic E-state index is 0.107. The van der Waals surface area contributed by atoms with Crippen LogP contribution >= 0.6 is 0 Å². The van der Waals surface area contributed by atoms with E-state index in [0.29, 0.717) is 12.2 Å². The number of carbonyl (C=O) groups is 1. The van der Waals surface area contributed by atoms with Gasteiger partial charge in [-0.15, -0.1) is 0 Å². The predicted octanol–water partition coefficient (Wildman–Crippen LogP) is 4.75. The molecule has 0 unspecified atom stereocenters. The normalized spacial score (nSPS) is 10.5. The van der Waals surface area contributed by atoms with Crippen LogP contribution in [0.5, 0.6) is 0 Å². The molecule has 3 rings (SSSR count). The number of hydrogen-bond donors (Lipinski definition) is 0. The second-order valence-electron chi connectivity index (χ2n) is 5.09. The Morgan fingerprint density at radius 2 is 1.43 bits per heavy atom. The first kappa shape index (κ1) is 13.4. The molecule has 0 atom stereocenters. The standard InChI is InChI=1S/C19H16O2/c1-14(20)13-18-11-12-19(21-18)17-9-7-16(8-10-17)15-5-3-2-4-6-15/h2-12H,13H2,1H3. The lowest BCUT2D eigenvalue weighted by atomic mass is 10.0. The van der Waals surface area contributed by atoms with E-state index in [2.05, 4.69) is 24.3 Å². The van der Waals surface area contributed by atoms with E-state index in [1.54, 1.807) is 6.92 Å². The Bertz CT molecular complexity index is 737. The molecule has 1 heterocycles. The maximum atomic E-state index is 11.1. The first-order valence-corrected chi connectivity index (χ1v) is 6.96. The van der Waals surface area contributed by atoms with Gasteiger partial charge in [-0.3, -0.25) is 4.79 Å². The van der Waals surface area contributed by atoms with Crippen LogP contribution in [0.4, 0.5) is 0 Å². The molecule has 0 saturated heterocycles. The molecule has 0 saturated carbocycles. The van der Waals surface area contributed by atoms with Gasteiger partial charge in [0.05, 0.1) is 6.42 Å². The number of Topliss-reactive ketones (excluding diaryl/α,β-unsaturated/α-hetero) is 1. The summed E-state index contributed by atoms with van der Waals surface area (Å²) in [4.78, 5) is 11.1. The van der Waals surface area contributed by atoms with E-state index in [9.17, 15) is 4.79 Å². The van der Waals surface area contributed by atoms with E-state index in [4.69, 9.17) is 4.42 Å². The van der Waals surface area contributed by atoms with Crippen molar-refractivity contribution in [2.24, 2.45) is 0 Å². The third-order valence-corrected chi connectivity index (χ3v) is 3.36. The zero-order chi connectivity index (χ0) is 14.7. The van der Waals surface area contributed by atoms with Crippen LogP contribution in [0.1, 0.15) is 12.7 Å². The molecule has 0 fully saturated rings. The fourth-order valence-electron chi connectivity index (χ4n) is 2.33. The molecule has 0 bridgehead atoms. The third kappa shape index (κ3) is 3.11. The van der Waals surface area contributed by atoms with E-state index < -0.39 is 0 Å². The zero-order valence-corrected chi connectivity index (χ0v) is 11.9. The number of carbonyl (C=O) groups excluding carboxylic acids is 1. The molecule has 104 valence electrons. The highest BCUT2D eigenvalue weighted by atomic mass is 16.3. The molecule has 0 spiro atoms. The number of ketones is 1. The van der Waals surface area contributed by atoms with Crippen molar-refractivity contribution >= 4 is 5.78 Å². The van der Waals surface area contributed by atoms with Gasteiger partial charge in [-0.1, -0.05) is 54.6 Å². The summed E-state index contributed by atoms with van der Waals surface area (Å²) >= 11 is 0. The average molecular weight is 276 g/mol. The minimum Gasteiger partial charge on any atom is -0.461 e. The van der Waals surface area contributed by atoms with Gasteiger partial charge >= 0.3 is 0 Å². The summed E-state index contributed by atoms with van der Waals surface area (Å²) in [6, 6.07) is 22.3. The minimum atomic E-state index is 0.107. The lowest BCUT2D eigenvalue weighted by Crippen LogP contribution is -1.93. The molecule has 0 aliphatic carbocycles. The Labute approximate surface area is 124 Å². The molecule has 1 aromatic heterocycles. The van der Waals surface area contributed by atoms with Gasteiger partial charge in [0.1, 0.15) is 17.3 Å². The van der Waals surface area contributed by atoms with Crippen LogP contribution in [-0.2, 0) is 11.2 Å². The van der Waals surface area contributed by atoms with E-state index in [1.807, 2.05) is 42.5 Å². The van der Waals surface area contributed by atoms with Gasteiger partial charge in [0, 0.05) is 5.56 Å². The van der Waals surface area contributed by atoms with Crippen molar-refractivity contribution in [1.82, 2.24) is 0 Å². The van der Waals surface area contributed by atoms with Crippen molar-refractivity contribution in [3.8, 4) is 22.5 Å². The molecule has 2 nitrogen and oxygen atoms in total. The summed E-state index contributed by atoms with van der Waals surface area (Å²) in [5.74, 6) is 1.62. The second-order valence-corrected chi connectivity index (χ2v) is 5.09. The fraction of sp³-hybridized carbons (Fsp3) is 0.105. The van der Waals surface area contributed by atoms with Crippen LogP contribution in [0.2, 0.25) is 0 Å². The van der Waals surface area contributed by atoms with Gasteiger partial charge in [-0.2, -0.15) is 0 Å². The van der Waals surface area contributed by atoms with Crippen LogP contribution < -0.4 is 0 Å². The largest absolute Gasteiger partial charge is 0.461 e. The van der Waals surface area contributed by atoms with Crippen LogP contribution in [0.25, 0.3) is 22.5 Å². The van der Waals surface area contributed by atoms with Crippen molar-refractivity contribution in [3.05, 3.63) is 72.5 Å². The first-order valence-electron chi connectivity index (χ1n) is 6.96. The first-order chi connectivity index (χ1) is 10.2. The predicted molar refractivity (Wildman–Crippen MR) is 84.0 cm³/mol. The Hall–Kier alpha value is -2.61. The molecule has 2 heteroatoms. The molecular weight excluding hydrogens is 260 g/mol. The van der Waals surface area contributed by atoms with Crippen LogP contribution in [0.15, 0.2) is 71.1 Å². The van der Waals surface area contributed by atoms with E-state index in [-0.39, 0.29) is 5.78 Å². The summed E-state index contributed by atoms with van der Waals surface area (Å²) < 4.78 is 5.71. The highest BCUT2D eigenvalue weighted by Crippen LogP contribution is 2.26. The van der Waals surface area contributed by atoms with Gasteiger partial charge in [0.15, 0.2) is 0 Å². The Kier molecular flexibility index (Phi) is 3.69. The summed E-state index contributed by atoms with van der Waals surface area (Å²) in [5, 5.41) is 0. The van der Waals surface area contributed by atoms with Crippen molar-refractivity contribution in [3.63, 3.8) is 0 Å². The lowest BCUT2D eigenvalue weighted by molar-refractivity contribution is -0.116. The molecule has 0 aliphatic heterocycles. The topological polar surface area (TPSA) is 30.2 Å². The zero-order valence-electron chi connectivity index (χ0n) is 11.9. The Balaban J connectivity index is 1.84. The summed E-state index contributed by atoms with van der Waals surface area (Å²) in [7, 11) is 0. The fourth-order valence-corrected chi connectivity index (χ4v) is 2.33. The summed E-state index contributed by atoms with van der Waals surface area (Å²) in [6.07, 6.45) is 0.349. The van der Waals surface area contributed by atoms with E-state index >= 15 is 0 Å². The summed E-state index contributed by atoms with van der Waals surface area (Å²) in [6.45, 7) is 1.57. The van der Waals surface area contributed by atoms with Gasteiger partial charge in [0.25, 0.3) is 0 Å². The van der Waals surface area contributed by atoms with Gasteiger partial charge < -0.3 is 4.42 Å². The van der Waals surface area contributed by atoms with Gasteiger partial charge in [-0.05, 0) is 30.2 Å². The average Bonchev–Trinajstić information content (AvgIpc) is 2.96. The van der Waals surface area contributed by atoms with Crippen molar-refractivity contribution in [1.29, 1.82) is 0 Å². The number of rotatable bonds is 4. The Morgan fingerprint density at radius 1 is 0.810 bits per heavy atom. The van der Waals surface area contributed by atoms with E-state index in [1.165, 1.54) is 11.1 Å². The number of benzene rings is 2. The summed E-state index contributed by atoms with van der Waals surface area (Å²) in [5.41, 5.74) is 3.39. The molecule has 3 aromatic rings. The molecular formula is C19H16O2. The lowest BCUT2D eigenvalue weighted by Gasteiger charge is -2.03. The van der Waals surface area contributed by atoms with Gasteiger partial charge in [-0.25, -0.2) is 0 Å². The monoisotopic (exact) mass is 276 g/mol. The maximum Gasteiger partial charge on any atom is 0.137 e. The highest BCUT2D eigenvalue weighted by Gasteiger charge is 2.07. The number of furan rings is 1.